The van der Waals surface area contributed by atoms with Crippen molar-refractivity contribution in [2.24, 2.45) is 5.41 Å². The molecule has 0 aromatic carbocycles. The summed E-state index contributed by atoms with van der Waals surface area (Å²) in [6.07, 6.45) is 1.68. The quantitative estimate of drug-likeness (QED) is 0.688. The highest BCUT2D eigenvalue weighted by atomic mass is 16.2. The lowest BCUT2D eigenvalue weighted by Gasteiger charge is -2.22. The van der Waals surface area contributed by atoms with Crippen molar-refractivity contribution in [2.75, 3.05) is 13.6 Å². The Balaban J connectivity index is 2.57. The van der Waals surface area contributed by atoms with Crippen LogP contribution in [-0.2, 0) is 11.2 Å². The number of carbonyl (C=O) groups excluding carboxylic acids is 2. The van der Waals surface area contributed by atoms with Gasteiger partial charge in [0.2, 0.25) is 11.7 Å². The molecule has 7 nitrogen and oxygen atoms in total. The number of rotatable bonds is 6. The minimum absolute atomic E-state index is 0.108. The van der Waals surface area contributed by atoms with Crippen molar-refractivity contribution in [1.82, 2.24) is 25.8 Å². The number of hydrogen-bond donors (Lipinski definition) is 3. The summed E-state index contributed by atoms with van der Waals surface area (Å²) < 4.78 is 0. The van der Waals surface area contributed by atoms with Crippen LogP contribution in [0.15, 0.2) is 0 Å². The second kappa shape index (κ2) is 6.31. The summed E-state index contributed by atoms with van der Waals surface area (Å²) >= 11 is 0. The molecule has 0 aliphatic rings. The number of amides is 2. The van der Waals surface area contributed by atoms with Gasteiger partial charge in [0.25, 0.3) is 5.91 Å². The lowest BCUT2D eigenvalue weighted by atomic mass is 9.92. The van der Waals surface area contributed by atoms with E-state index in [2.05, 4.69) is 25.8 Å². The van der Waals surface area contributed by atoms with Crippen LogP contribution < -0.4 is 10.6 Å². The molecule has 0 unspecified atom stereocenters. The highest BCUT2D eigenvalue weighted by Crippen LogP contribution is 2.13. The fraction of sp³-hybridized carbons (Fsp3) is 0.667. The Kier molecular flexibility index (Phi) is 5.02. The standard InChI is InChI=1S/C12H21N5O2/c1-5-6-8-15-9(17-16-8)10(18)14-7-12(2,3)11(19)13-4/h5-7H2,1-4H3,(H,13,19)(H,14,18)(H,15,16,17). The average Bonchev–Trinajstić information content (AvgIpc) is 2.84. The van der Waals surface area contributed by atoms with E-state index in [0.29, 0.717) is 5.82 Å². The predicted molar refractivity (Wildman–Crippen MR) is 70.6 cm³/mol. The molecule has 1 rings (SSSR count). The van der Waals surface area contributed by atoms with Crippen LogP contribution in [0.4, 0.5) is 0 Å². The van der Waals surface area contributed by atoms with Gasteiger partial charge in [0.15, 0.2) is 0 Å². The molecule has 0 saturated heterocycles. The molecule has 1 heterocycles. The van der Waals surface area contributed by atoms with Crippen LogP contribution >= 0.6 is 0 Å². The smallest absolute Gasteiger partial charge is 0.290 e. The van der Waals surface area contributed by atoms with E-state index in [1.54, 1.807) is 20.9 Å². The SMILES string of the molecule is CCCc1nc(C(=O)NCC(C)(C)C(=O)NC)n[nH]1. The Hall–Kier alpha value is -1.92. The van der Waals surface area contributed by atoms with Gasteiger partial charge in [0.05, 0.1) is 5.41 Å². The predicted octanol–water partition coefficient (Wildman–Crippen LogP) is 0.259. The third kappa shape index (κ3) is 4.04. The first-order valence-corrected chi connectivity index (χ1v) is 6.32. The molecule has 106 valence electrons. The van der Waals surface area contributed by atoms with Crippen LogP contribution in [0, 0.1) is 5.41 Å². The van der Waals surface area contributed by atoms with Gasteiger partial charge in [0, 0.05) is 20.0 Å². The number of nitrogens with one attached hydrogen (secondary N) is 3. The maximum absolute atomic E-state index is 11.8. The van der Waals surface area contributed by atoms with Crippen LogP contribution in [0.2, 0.25) is 0 Å². The summed E-state index contributed by atoms with van der Waals surface area (Å²) in [5.74, 6) is 0.291. The summed E-state index contributed by atoms with van der Waals surface area (Å²) in [5.41, 5.74) is -0.674. The van der Waals surface area contributed by atoms with E-state index >= 15 is 0 Å². The zero-order valence-corrected chi connectivity index (χ0v) is 11.8. The maximum atomic E-state index is 11.8. The van der Waals surface area contributed by atoms with E-state index in [1.807, 2.05) is 6.92 Å². The lowest BCUT2D eigenvalue weighted by molar-refractivity contribution is -0.128. The summed E-state index contributed by atoms with van der Waals surface area (Å²) in [7, 11) is 1.57. The number of nitrogens with zero attached hydrogens (tertiary/aromatic N) is 2. The van der Waals surface area contributed by atoms with E-state index in [-0.39, 0.29) is 24.2 Å². The zero-order chi connectivity index (χ0) is 14.5. The molecule has 2 amide bonds. The molecule has 0 radical (unpaired) electrons. The molecular weight excluding hydrogens is 246 g/mol. The lowest BCUT2D eigenvalue weighted by Crippen LogP contribution is -2.43. The molecule has 1 aromatic heterocycles. The van der Waals surface area contributed by atoms with Crippen LogP contribution in [0.25, 0.3) is 0 Å². The molecule has 0 aliphatic heterocycles. The zero-order valence-electron chi connectivity index (χ0n) is 11.8. The molecule has 1 aromatic rings. The molecule has 19 heavy (non-hydrogen) atoms. The molecule has 3 N–H and O–H groups in total. The molecule has 7 heteroatoms. The van der Waals surface area contributed by atoms with E-state index in [0.717, 1.165) is 12.8 Å². The van der Waals surface area contributed by atoms with Gasteiger partial charge in [-0.3, -0.25) is 14.7 Å². The summed E-state index contributed by atoms with van der Waals surface area (Å²) in [6, 6.07) is 0. The minimum atomic E-state index is -0.674. The Bertz CT molecular complexity index is 453. The fourth-order valence-electron chi connectivity index (χ4n) is 1.54. The van der Waals surface area contributed by atoms with Gasteiger partial charge in [0.1, 0.15) is 5.82 Å². The highest BCUT2D eigenvalue weighted by Gasteiger charge is 2.27. The van der Waals surface area contributed by atoms with Gasteiger partial charge in [-0.15, -0.1) is 5.10 Å². The molecule has 0 aliphatic carbocycles. The number of aromatic nitrogens is 3. The van der Waals surface area contributed by atoms with E-state index < -0.39 is 5.41 Å². The first-order chi connectivity index (χ1) is 8.90. The summed E-state index contributed by atoms with van der Waals surface area (Å²) in [4.78, 5) is 27.5. The number of H-pyrrole nitrogens is 1. The third-order valence-electron chi connectivity index (χ3n) is 2.75. The van der Waals surface area contributed by atoms with E-state index in [1.165, 1.54) is 0 Å². The Morgan fingerprint density at radius 2 is 2.05 bits per heavy atom. The molecule has 0 saturated carbocycles. The topological polar surface area (TPSA) is 99.8 Å². The van der Waals surface area contributed by atoms with Gasteiger partial charge in [-0.2, -0.15) is 0 Å². The second-order valence-electron chi connectivity index (χ2n) is 5.00. The first kappa shape index (κ1) is 15.1. The number of hydrogen-bond acceptors (Lipinski definition) is 4. The molecule has 0 fully saturated rings. The van der Waals surface area contributed by atoms with Crippen molar-refractivity contribution in [3.8, 4) is 0 Å². The van der Waals surface area contributed by atoms with Gasteiger partial charge >= 0.3 is 0 Å². The van der Waals surface area contributed by atoms with Crippen molar-refractivity contribution in [3.63, 3.8) is 0 Å². The molecule has 0 bridgehead atoms. The molecular formula is C12H21N5O2. The summed E-state index contributed by atoms with van der Waals surface area (Å²) in [5, 5.41) is 11.8. The monoisotopic (exact) mass is 267 g/mol. The molecule has 0 atom stereocenters. The van der Waals surface area contributed by atoms with Gasteiger partial charge in [-0.25, -0.2) is 4.98 Å². The van der Waals surface area contributed by atoms with Crippen LogP contribution in [-0.4, -0.2) is 40.6 Å². The number of carbonyl (C=O) groups is 2. The number of aryl methyl sites for hydroxylation is 1. The van der Waals surface area contributed by atoms with Crippen LogP contribution in [0.1, 0.15) is 43.6 Å². The van der Waals surface area contributed by atoms with Gasteiger partial charge in [-0.1, -0.05) is 6.92 Å². The van der Waals surface area contributed by atoms with Crippen LogP contribution in [0.3, 0.4) is 0 Å². The van der Waals surface area contributed by atoms with Crippen LogP contribution in [0.5, 0.6) is 0 Å². The van der Waals surface area contributed by atoms with Crippen molar-refractivity contribution >= 4 is 11.8 Å². The second-order valence-corrected chi connectivity index (χ2v) is 5.00. The minimum Gasteiger partial charge on any atom is -0.359 e. The van der Waals surface area contributed by atoms with Gasteiger partial charge < -0.3 is 10.6 Å². The largest absolute Gasteiger partial charge is 0.359 e. The van der Waals surface area contributed by atoms with Crippen molar-refractivity contribution in [2.45, 2.75) is 33.6 Å². The normalized spacial score (nSPS) is 11.2. The Morgan fingerprint density at radius 3 is 2.63 bits per heavy atom. The fourth-order valence-corrected chi connectivity index (χ4v) is 1.54. The first-order valence-electron chi connectivity index (χ1n) is 6.32. The number of aromatic amines is 1. The third-order valence-corrected chi connectivity index (χ3v) is 2.75. The Morgan fingerprint density at radius 1 is 1.37 bits per heavy atom. The van der Waals surface area contributed by atoms with Crippen molar-refractivity contribution in [1.29, 1.82) is 0 Å². The highest BCUT2D eigenvalue weighted by molar-refractivity contribution is 5.91. The van der Waals surface area contributed by atoms with E-state index in [4.69, 9.17) is 0 Å². The van der Waals surface area contributed by atoms with Crippen molar-refractivity contribution < 1.29 is 9.59 Å². The Labute approximate surface area is 112 Å². The molecule has 0 spiro atoms. The summed E-state index contributed by atoms with van der Waals surface area (Å²) in [6.45, 7) is 5.76. The average molecular weight is 267 g/mol. The van der Waals surface area contributed by atoms with Gasteiger partial charge in [-0.05, 0) is 20.3 Å². The van der Waals surface area contributed by atoms with E-state index in [9.17, 15) is 9.59 Å². The van der Waals surface area contributed by atoms with Crippen molar-refractivity contribution in [3.05, 3.63) is 11.6 Å². The maximum Gasteiger partial charge on any atom is 0.290 e.